The lowest BCUT2D eigenvalue weighted by Gasteiger charge is -2.13. The first-order valence-electron chi connectivity index (χ1n) is 16.2. The van der Waals surface area contributed by atoms with E-state index in [9.17, 15) is 0 Å². The lowest BCUT2D eigenvalue weighted by atomic mass is 9.99. The van der Waals surface area contributed by atoms with E-state index in [4.69, 9.17) is 9.97 Å². The van der Waals surface area contributed by atoms with Crippen LogP contribution in [0.3, 0.4) is 0 Å². The van der Waals surface area contributed by atoms with E-state index in [0.717, 1.165) is 39.6 Å². The minimum absolute atomic E-state index is 0.719. The summed E-state index contributed by atoms with van der Waals surface area (Å²) in [7, 11) is 0. The van der Waals surface area contributed by atoms with Crippen LogP contribution in [0.2, 0.25) is 0 Å². The molecule has 0 fully saturated rings. The highest BCUT2D eigenvalue weighted by molar-refractivity contribution is 7.18. The molecule has 0 unspecified atom stereocenters. The third-order valence-electron chi connectivity index (χ3n) is 9.47. The fraction of sp³-hybridized carbons (Fsp3) is 0. The van der Waals surface area contributed by atoms with Gasteiger partial charge in [0.05, 0.1) is 22.4 Å². The molecule has 48 heavy (non-hydrogen) atoms. The quantitative estimate of drug-likeness (QED) is 0.194. The van der Waals surface area contributed by atoms with Crippen LogP contribution in [0.5, 0.6) is 0 Å². The van der Waals surface area contributed by atoms with Gasteiger partial charge >= 0.3 is 0 Å². The van der Waals surface area contributed by atoms with Crippen LogP contribution in [0, 0.1) is 0 Å². The molecule has 224 valence electrons. The van der Waals surface area contributed by atoms with Crippen molar-refractivity contribution >= 4 is 64.8 Å². The maximum atomic E-state index is 5.08. The molecule has 3 heterocycles. The standard InChI is InChI=1S/C44H27N3S/c1-3-12-29(13-4-1)37-27-38(46-44(45-37)31-14-5-2-6-15-31)30-19-22-32(23-20-30)47-39-24-21-28-11-7-8-16-33(28)40(39)41-36-25-26-48-43(36)35-18-10-9-17-34(35)42(41)47/h1-27H. The van der Waals surface area contributed by atoms with E-state index >= 15 is 0 Å². The average Bonchev–Trinajstić information content (AvgIpc) is 3.80. The number of rotatable bonds is 4. The van der Waals surface area contributed by atoms with E-state index in [2.05, 4.69) is 143 Å². The molecule has 10 aromatic rings. The summed E-state index contributed by atoms with van der Waals surface area (Å²) < 4.78 is 3.80. The summed E-state index contributed by atoms with van der Waals surface area (Å²) in [6.07, 6.45) is 0. The molecule has 3 aromatic heterocycles. The number of aromatic nitrogens is 3. The third kappa shape index (κ3) is 4.13. The Labute approximate surface area is 281 Å². The minimum Gasteiger partial charge on any atom is -0.309 e. The van der Waals surface area contributed by atoms with Gasteiger partial charge in [-0.05, 0) is 46.5 Å². The molecule has 3 nitrogen and oxygen atoms in total. The fourth-order valence-electron chi connectivity index (χ4n) is 7.30. The van der Waals surface area contributed by atoms with Gasteiger partial charge in [-0.15, -0.1) is 11.3 Å². The molecule has 4 heteroatoms. The van der Waals surface area contributed by atoms with Gasteiger partial charge in [-0.2, -0.15) is 0 Å². The summed E-state index contributed by atoms with van der Waals surface area (Å²) in [6, 6.07) is 56.0. The van der Waals surface area contributed by atoms with Crippen LogP contribution in [0.1, 0.15) is 0 Å². The predicted octanol–water partition coefficient (Wildman–Crippen LogP) is 12.1. The van der Waals surface area contributed by atoms with Crippen molar-refractivity contribution in [2.45, 2.75) is 0 Å². The van der Waals surface area contributed by atoms with Gasteiger partial charge in [0, 0.05) is 54.0 Å². The van der Waals surface area contributed by atoms with E-state index in [1.165, 1.54) is 53.4 Å². The van der Waals surface area contributed by atoms with Crippen molar-refractivity contribution < 1.29 is 0 Å². The van der Waals surface area contributed by atoms with Crippen LogP contribution < -0.4 is 0 Å². The lowest BCUT2D eigenvalue weighted by molar-refractivity contribution is 1.17. The van der Waals surface area contributed by atoms with E-state index in [1.54, 1.807) is 0 Å². The lowest BCUT2D eigenvalue weighted by Crippen LogP contribution is -1.97. The number of fused-ring (bicyclic) bond motifs is 10. The Morgan fingerprint density at radius 3 is 1.83 bits per heavy atom. The van der Waals surface area contributed by atoms with Crippen molar-refractivity contribution in [2.75, 3.05) is 0 Å². The van der Waals surface area contributed by atoms with Gasteiger partial charge in [-0.1, -0.05) is 127 Å². The van der Waals surface area contributed by atoms with Crippen LogP contribution in [0.4, 0.5) is 0 Å². The van der Waals surface area contributed by atoms with Gasteiger partial charge < -0.3 is 4.57 Å². The van der Waals surface area contributed by atoms with Crippen molar-refractivity contribution in [3.05, 3.63) is 163 Å². The molecule has 0 aliphatic rings. The topological polar surface area (TPSA) is 30.7 Å². The summed E-state index contributed by atoms with van der Waals surface area (Å²) in [5.41, 5.74) is 8.49. The van der Waals surface area contributed by atoms with Crippen molar-refractivity contribution in [1.29, 1.82) is 0 Å². The van der Waals surface area contributed by atoms with Gasteiger partial charge in [0.2, 0.25) is 0 Å². The van der Waals surface area contributed by atoms with Crippen molar-refractivity contribution in [3.63, 3.8) is 0 Å². The fourth-order valence-corrected chi connectivity index (χ4v) is 8.24. The number of benzene rings is 7. The Bertz CT molecular complexity index is 2760. The summed E-state index contributed by atoms with van der Waals surface area (Å²) in [6.45, 7) is 0. The largest absolute Gasteiger partial charge is 0.309 e. The van der Waals surface area contributed by atoms with Crippen molar-refractivity contribution in [2.24, 2.45) is 0 Å². The number of hydrogen-bond acceptors (Lipinski definition) is 3. The molecule has 0 amide bonds. The normalized spacial score (nSPS) is 11.8. The van der Waals surface area contributed by atoms with Crippen LogP contribution >= 0.6 is 11.3 Å². The molecule has 0 spiro atoms. The first-order valence-corrected chi connectivity index (χ1v) is 17.0. The molecule has 0 radical (unpaired) electrons. The summed E-state index contributed by atoms with van der Waals surface area (Å²) in [4.78, 5) is 10.1. The highest BCUT2D eigenvalue weighted by Gasteiger charge is 2.21. The Morgan fingerprint density at radius 2 is 1.08 bits per heavy atom. The second kappa shape index (κ2) is 10.7. The minimum atomic E-state index is 0.719. The maximum absolute atomic E-state index is 5.08. The number of hydrogen-bond donors (Lipinski definition) is 0. The summed E-state index contributed by atoms with van der Waals surface area (Å²) in [5, 5.41) is 11.3. The molecule has 0 saturated carbocycles. The Kier molecular flexibility index (Phi) is 6.05. The maximum Gasteiger partial charge on any atom is 0.160 e. The zero-order valence-electron chi connectivity index (χ0n) is 25.8. The molecule has 10 rings (SSSR count). The number of nitrogens with zero attached hydrogens (tertiary/aromatic N) is 3. The first kappa shape index (κ1) is 27.1. The van der Waals surface area contributed by atoms with E-state index in [0.29, 0.717) is 0 Å². The van der Waals surface area contributed by atoms with Crippen LogP contribution in [-0.2, 0) is 0 Å². The summed E-state index contributed by atoms with van der Waals surface area (Å²) >= 11 is 1.83. The van der Waals surface area contributed by atoms with Crippen LogP contribution in [0.25, 0.3) is 93.0 Å². The Hall–Kier alpha value is -6.10. The van der Waals surface area contributed by atoms with Crippen molar-refractivity contribution in [1.82, 2.24) is 14.5 Å². The van der Waals surface area contributed by atoms with E-state index in [-0.39, 0.29) is 0 Å². The van der Waals surface area contributed by atoms with Gasteiger partial charge in [0.25, 0.3) is 0 Å². The monoisotopic (exact) mass is 629 g/mol. The highest BCUT2D eigenvalue weighted by Crippen LogP contribution is 2.46. The smallest absolute Gasteiger partial charge is 0.160 e. The predicted molar refractivity (Wildman–Crippen MR) is 203 cm³/mol. The van der Waals surface area contributed by atoms with Crippen LogP contribution in [0.15, 0.2) is 163 Å². The molecule has 0 N–H and O–H groups in total. The highest BCUT2D eigenvalue weighted by atomic mass is 32.1. The molecule has 0 bridgehead atoms. The van der Waals surface area contributed by atoms with E-state index < -0.39 is 0 Å². The van der Waals surface area contributed by atoms with Gasteiger partial charge in [-0.25, -0.2) is 9.97 Å². The molecule has 0 aliphatic heterocycles. The zero-order valence-corrected chi connectivity index (χ0v) is 26.7. The molecule has 0 saturated heterocycles. The zero-order chi connectivity index (χ0) is 31.6. The molecule has 7 aromatic carbocycles. The average molecular weight is 630 g/mol. The second-order valence-electron chi connectivity index (χ2n) is 12.2. The summed E-state index contributed by atoms with van der Waals surface area (Å²) in [5.74, 6) is 0.719. The Balaban J connectivity index is 1.22. The number of thiophene rings is 1. The third-order valence-corrected chi connectivity index (χ3v) is 10.4. The van der Waals surface area contributed by atoms with Crippen molar-refractivity contribution in [3.8, 4) is 39.6 Å². The van der Waals surface area contributed by atoms with E-state index in [1.807, 2.05) is 35.6 Å². The van der Waals surface area contributed by atoms with Gasteiger partial charge in [-0.3, -0.25) is 0 Å². The first-order chi connectivity index (χ1) is 23.8. The van der Waals surface area contributed by atoms with Gasteiger partial charge in [0.1, 0.15) is 0 Å². The second-order valence-corrected chi connectivity index (χ2v) is 13.1. The molecule has 0 atom stereocenters. The molecular weight excluding hydrogens is 603 g/mol. The SMILES string of the molecule is c1ccc(-c2cc(-c3ccc(-n4c5ccc6ccccc6c5c5c6ccsc6c6ccccc6c54)cc3)nc(-c3ccccc3)n2)cc1. The Morgan fingerprint density at radius 1 is 0.458 bits per heavy atom. The van der Waals surface area contributed by atoms with Crippen LogP contribution in [-0.4, -0.2) is 14.5 Å². The molecule has 0 aliphatic carbocycles. The molecular formula is C44H27N3S. The van der Waals surface area contributed by atoms with Gasteiger partial charge in [0.15, 0.2) is 5.82 Å².